The van der Waals surface area contributed by atoms with E-state index in [1.807, 2.05) is 0 Å². The van der Waals surface area contributed by atoms with Gasteiger partial charge in [0.1, 0.15) is 0 Å². The number of nitrogens with one attached hydrogen (secondary N) is 1. The first-order valence-corrected chi connectivity index (χ1v) is 9.46. The van der Waals surface area contributed by atoms with Crippen molar-refractivity contribution in [3.63, 3.8) is 0 Å². The predicted molar refractivity (Wildman–Crippen MR) is 97.6 cm³/mol. The average molecular weight is 391 g/mol. The molecular formula is C17H15ClN4O3S. The number of hydrogen-bond acceptors (Lipinski definition) is 4. The molecule has 1 amide bonds. The summed E-state index contributed by atoms with van der Waals surface area (Å²) < 4.78 is 24.3. The number of hydrogen-bond donors (Lipinski definition) is 2. The standard InChI is InChI=1S/C17H15ClN4O3S/c18-14-4-6-15(7-5-14)22-11-13(10-21-22)17(23)20-9-12-2-1-3-16(8-12)26(19,24)25/h1-8,10-11H,9H2,(H,20,23)(H2,19,24,25). The van der Waals surface area contributed by atoms with Crippen molar-refractivity contribution in [2.45, 2.75) is 11.4 Å². The zero-order chi connectivity index (χ0) is 18.7. The normalized spacial score (nSPS) is 11.3. The smallest absolute Gasteiger partial charge is 0.254 e. The second-order valence-corrected chi connectivity index (χ2v) is 7.52. The van der Waals surface area contributed by atoms with E-state index in [2.05, 4.69) is 10.4 Å². The zero-order valence-corrected chi connectivity index (χ0v) is 15.0. The average Bonchev–Trinajstić information content (AvgIpc) is 3.10. The van der Waals surface area contributed by atoms with Crippen molar-refractivity contribution >= 4 is 27.5 Å². The van der Waals surface area contributed by atoms with E-state index in [0.29, 0.717) is 16.1 Å². The molecule has 3 N–H and O–H groups in total. The van der Waals surface area contributed by atoms with Crippen molar-refractivity contribution in [1.82, 2.24) is 15.1 Å². The zero-order valence-electron chi connectivity index (χ0n) is 13.5. The Bertz CT molecular complexity index is 1050. The van der Waals surface area contributed by atoms with Crippen molar-refractivity contribution in [1.29, 1.82) is 0 Å². The first kappa shape index (κ1) is 18.1. The van der Waals surface area contributed by atoms with Crippen LogP contribution in [0.5, 0.6) is 0 Å². The fourth-order valence-corrected chi connectivity index (χ4v) is 3.00. The molecule has 0 fully saturated rings. The second kappa shape index (κ2) is 7.28. The molecule has 3 rings (SSSR count). The Morgan fingerprint density at radius 3 is 2.62 bits per heavy atom. The Balaban J connectivity index is 1.69. The van der Waals surface area contributed by atoms with Gasteiger partial charge in [-0.05, 0) is 42.0 Å². The molecule has 1 heterocycles. The van der Waals surface area contributed by atoms with Crippen LogP contribution in [0.25, 0.3) is 5.69 Å². The van der Waals surface area contributed by atoms with E-state index in [9.17, 15) is 13.2 Å². The fraction of sp³-hybridized carbons (Fsp3) is 0.0588. The number of nitrogens with two attached hydrogens (primary N) is 1. The molecule has 26 heavy (non-hydrogen) atoms. The number of primary sulfonamides is 1. The van der Waals surface area contributed by atoms with Gasteiger partial charge in [-0.1, -0.05) is 23.7 Å². The first-order chi connectivity index (χ1) is 12.3. The van der Waals surface area contributed by atoms with Crippen LogP contribution in [0.3, 0.4) is 0 Å². The van der Waals surface area contributed by atoms with Gasteiger partial charge in [-0.15, -0.1) is 0 Å². The molecule has 7 nitrogen and oxygen atoms in total. The molecule has 1 aromatic heterocycles. The minimum absolute atomic E-state index is 0.000179. The van der Waals surface area contributed by atoms with Gasteiger partial charge in [0.2, 0.25) is 10.0 Å². The van der Waals surface area contributed by atoms with E-state index in [1.54, 1.807) is 47.3 Å². The van der Waals surface area contributed by atoms with Gasteiger partial charge in [-0.25, -0.2) is 18.2 Å². The molecule has 0 aliphatic heterocycles. The van der Waals surface area contributed by atoms with Crippen molar-refractivity contribution in [2.75, 3.05) is 0 Å². The van der Waals surface area contributed by atoms with Crippen LogP contribution in [0.4, 0.5) is 0 Å². The number of halogens is 1. The Labute approximate surface area is 155 Å². The molecule has 0 aliphatic rings. The summed E-state index contributed by atoms with van der Waals surface area (Å²) in [5, 5.41) is 12.6. The lowest BCUT2D eigenvalue weighted by atomic mass is 10.2. The second-order valence-electron chi connectivity index (χ2n) is 5.53. The Morgan fingerprint density at radius 2 is 1.92 bits per heavy atom. The van der Waals surface area contributed by atoms with E-state index in [1.165, 1.54) is 18.3 Å². The quantitative estimate of drug-likeness (QED) is 0.695. The maximum Gasteiger partial charge on any atom is 0.254 e. The van der Waals surface area contributed by atoms with Gasteiger partial charge >= 0.3 is 0 Å². The van der Waals surface area contributed by atoms with Gasteiger partial charge in [-0.2, -0.15) is 5.10 Å². The highest BCUT2D eigenvalue weighted by molar-refractivity contribution is 7.89. The fourth-order valence-electron chi connectivity index (χ4n) is 2.29. The topological polar surface area (TPSA) is 107 Å². The number of sulfonamides is 1. The third-order valence-electron chi connectivity index (χ3n) is 3.62. The molecule has 0 saturated carbocycles. The van der Waals surface area contributed by atoms with Crippen LogP contribution in [-0.4, -0.2) is 24.1 Å². The maximum atomic E-state index is 12.3. The Kier molecular flexibility index (Phi) is 5.08. The third-order valence-corrected chi connectivity index (χ3v) is 4.78. The van der Waals surface area contributed by atoms with Crippen molar-refractivity contribution in [3.05, 3.63) is 77.1 Å². The highest BCUT2D eigenvalue weighted by Gasteiger charge is 2.11. The summed E-state index contributed by atoms with van der Waals surface area (Å²) in [7, 11) is -3.78. The van der Waals surface area contributed by atoms with Crippen LogP contribution < -0.4 is 10.5 Å². The van der Waals surface area contributed by atoms with Crippen LogP contribution >= 0.6 is 11.6 Å². The van der Waals surface area contributed by atoms with Crippen LogP contribution in [-0.2, 0) is 16.6 Å². The largest absolute Gasteiger partial charge is 0.348 e. The molecule has 0 saturated heterocycles. The van der Waals surface area contributed by atoms with E-state index in [4.69, 9.17) is 16.7 Å². The summed E-state index contributed by atoms with van der Waals surface area (Å²) in [4.78, 5) is 12.3. The molecule has 3 aromatic rings. The van der Waals surface area contributed by atoms with E-state index >= 15 is 0 Å². The molecule has 0 bridgehead atoms. The van der Waals surface area contributed by atoms with E-state index in [-0.39, 0.29) is 17.3 Å². The molecule has 0 spiro atoms. The van der Waals surface area contributed by atoms with Crippen LogP contribution in [0.1, 0.15) is 15.9 Å². The number of amides is 1. The van der Waals surface area contributed by atoms with E-state index < -0.39 is 10.0 Å². The molecule has 134 valence electrons. The van der Waals surface area contributed by atoms with Gasteiger partial charge in [0.15, 0.2) is 0 Å². The highest BCUT2D eigenvalue weighted by Crippen LogP contribution is 2.14. The molecule has 0 aliphatic carbocycles. The van der Waals surface area contributed by atoms with Crippen LogP contribution in [0.2, 0.25) is 5.02 Å². The number of carbonyl (C=O) groups is 1. The Morgan fingerprint density at radius 1 is 1.19 bits per heavy atom. The van der Waals surface area contributed by atoms with Crippen molar-refractivity contribution in [3.8, 4) is 5.69 Å². The van der Waals surface area contributed by atoms with Gasteiger partial charge < -0.3 is 5.32 Å². The lowest BCUT2D eigenvalue weighted by molar-refractivity contribution is 0.0951. The number of carbonyl (C=O) groups excluding carboxylic acids is 1. The predicted octanol–water partition coefficient (Wildman–Crippen LogP) is 2.10. The van der Waals surface area contributed by atoms with Crippen molar-refractivity contribution < 1.29 is 13.2 Å². The molecular weight excluding hydrogens is 376 g/mol. The molecule has 2 aromatic carbocycles. The molecule has 0 unspecified atom stereocenters. The van der Waals surface area contributed by atoms with Crippen LogP contribution in [0, 0.1) is 0 Å². The Hall–Kier alpha value is -2.68. The highest BCUT2D eigenvalue weighted by atomic mass is 35.5. The SMILES string of the molecule is NS(=O)(=O)c1cccc(CNC(=O)c2cnn(-c3ccc(Cl)cc3)c2)c1. The van der Waals surface area contributed by atoms with Gasteiger partial charge in [0.25, 0.3) is 5.91 Å². The summed E-state index contributed by atoms with van der Waals surface area (Å²) in [6.07, 6.45) is 3.05. The molecule has 0 atom stereocenters. The molecule has 0 radical (unpaired) electrons. The van der Waals surface area contributed by atoms with Gasteiger partial charge in [0.05, 0.1) is 22.3 Å². The van der Waals surface area contributed by atoms with Gasteiger partial charge in [0, 0.05) is 17.8 Å². The maximum absolute atomic E-state index is 12.3. The van der Waals surface area contributed by atoms with Gasteiger partial charge in [-0.3, -0.25) is 4.79 Å². The number of rotatable bonds is 5. The minimum Gasteiger partial charge on any atom is -0.348 e. The lowest BCUT2D eigenvalue weighted by Gasteiger charge is -2.05. The summed E-state index contributed by atoms with van der Waals surface area (Å²) in [5.74, 6) is -0.328. The van der Waals surface area contributed by atoms with E-state index in [0.717, 1.165) is 5.69 Å². The molecule has 9 heteroatoms. The number of nitrogens with zero attached hydrogens (tertiary/aromatic N) is 2. The third kappa shape index (κ3) is 4.29. The number of aromatic nitrogens is 2. The number of benzene rings is 2. The first-order valence-electron chi connectivity index (χ1n) is 7.53. The summed E-state index contributed by atoms with van der Waals surface area (Å²) in [5.41, 5.74) is 1.77. The summed E-state index contributed by atoms with van der Waals surface area (Å²) >= 11 is 5.85. The lowest BCUT2D eigenvalue weighted by Crippen LogP contribution is -2.22. The minimum atomic E-state index is -3.78. The summed E-state index contributed by atoms with van der Waals surface area (Å²) in [6.45, 7) is 0.161. The van der Waals surface area contributed by atoms with Crippen molar-refractivity contribution in [2.24, 2.45) is 5.14 Å². The van der Waals surface area contributed by atoms with Crippen LogP contribution in [0.15, 0.2) is 65.8 Å². The summed E-state index contributed by atoms with van der Waals surface area (Å²) in [6, 6.07) is 13.1. The monoisotopic (exact) mass is 390 g/mol.